The van der Waals surface area contributed by atoms with Gasteiger partial charge in [0, 0.05) is 30.7 Å². The van der Waals surface area contributed by atoms with Crippen LogP contribution in [0.4, 0.5) is 11.4 Å². The molecule has 0 radical (unpaired) electrons. The summed E-state index contributed by atoms with van der Waals surface area (Å²) in [6.07, 6.45) is 5.09. The van der Waals surface area contributed by atoms with E-state index in [9.17, 15) is 9.59 Å². The quantitative estimate of drug-likeness (QED) is 0.867. The summed E-state index contributed by atoms with van der Waals surface area (Å²) in [6.45, 7) is 2.17. The number of pyridine rings is 1. The summed E-state index contributed by atoms with van der Waals surface area (Å²) in [5.74, 6) is -0.796. The van der Waals surface area contributed by atoms with Gasteiger partial charge in [0.05, 0.1) is 12.7 Å². The number of esters is 1. The molecular weight excluding hydrogens is 318 g/mol. The maximum Gasteiger partial charge on any atom is 0.339 e. The zero-order chi connectivity index (χ0) is 17.6. The number of piperidine rings is 1. The monoisotopic (exact) mass is 339 g/mol. The Morgan fingerprint density at radius 1 is 1.04 bits per heavy atom. The molecule has 1 aromatic carbocycles. The number of nitrogens with zero attached hydrogens (tertiary/aromatic N) is 2. The second-order valence-corrected chi connectivity index (χ2v) is 5.97. The molecule has 6 nitrogen and oxygen atoms in total. The highest BCUT2D eigenvalue weighted by Gasteiger charge is 2.13. The molecule has 0 atom stereocenters. The number of nitrogens with one attached hydrogen (secondary N) is 1. The fourth-order valence-electron chi connectivity index (χ4n) is 2.87. The molecule has 0 saturated carbocycles. The van der Waals surface area contributed by atoms with Gasteiger partial charge in [0.25, 0.3) is 5.91 Å². The van der Waals surface area contributed by atoms with Crippen molar-refractivity contribution in [3.05, 3.63) is 53.9 Å². The van der Waals surface area contributed by atoms with Crippen LogP contribution in [0, 0.1) is 0 Å². The lowest BCUT2D eigenvalue weighted by Crippen LogP contribution is -2.29. The van der Waals surface area contributed by atoms with E-state index in [1.165, 1.54) is 50.4 Å². The topological polar surface area (TPSA) is 71.5 Å². The van der Waals surface area contributed by atoms with Crippen molar-refractivity contribution in [1.29, 1.82) is 0 Å². The summed E-state index contributed by atoms with van der Waals surface area (Å²) in [6, 6.07) is 10.9. The molecule has 0 aliphatic carbocycles. The molecule has 1 aromatic heterocycles. The predicted octanol–water partition coefficient (Wildman–Crippen LogP) is 3.11. The molecule has 1 fully saturated rings. The third-order valence-corrected chi connectivity index (χ3v) is 4.26. The Morgan fingerprint density at radius 3 is 2.36 bits per heavy atom. The van der Waals surface area contributed by atoms with Crippen molar-refractivity contribution >= 4 is 23.3 Å². The SMILES string of the molecule is COC(=O)c1ccc(C(=O)Nc2ccc(N3CCCCC3)cc2)nc1. The van der Waals surface area contributed by atoms with Crippen LogP contribution in [0.5, 0.6) is 0 Å². The number of carbonyl (C=O) groups is 2. The number of amides is 1. The molecular formula is C19H21N3O3. The average molecular weight is 339 g/mol. The second-order valence-electron chi connectivity index (χ2n) is 5.97. The Bertz CT molecular complexity index is 736. The molecule has 130 valence electrons. The maximum absolute atomic E-state index is 12.3. The summed E-state index contributed by atoms with van der Waals surface area (Å²) in [4.78, 5) is 30.0. The van der Waals surface area contributed by atoms with Crippen LogP contribution < -0.4 is 10.2 Å². The number of anilines is 2. The van der Waals surface area contributed by atoms with Crippen molar-refractivity contribution < 1.29 is 14.3 Å². The highest BCUT2D eigenvalue weighted by Crippen LogP contribution is 2.22. The molecule has 2 aromatic rings. The second kappa shape index (κ2) is 7.79. The zero-order valence-electron chi connectivity index (χ0n) is 14.2. The molecule has 1 amide bonds. The molecule has 3 rings (SSSR count). The van der Waals surface area contributed by atoms with Crippen LogP contribution in [0.1, 0.15) is 40.1 Å². The fourth-order valence-corrected chi connectivity index (χ4v) is 2.87. The van der Waals surface area contributed by atoms with E-state index in [1.54, 1.807) is 0 Å². The van der Waals surface area contributed by atoms with Crippen LogP contribution in [0.15, 0.2) is 42.6 Å². The first kappa shape index (κ1) is 17.0. The van der Waals surface area contributed by atoms with Gasteiger partial charge >= 0.3 is 5.97 Å². The number of hydrogen-bond donors (Lipinski definition) is 1. The molecule has 6 heteroatoms. The first-order valence-corrected chi connectivity index (χ1v) is 8.38. The molecule has 0 bridgehead atoms. The number of benzene rings is 1. The van der Waals surface area contributed by atoms with Gasteiger partial charge in [-0.2, -0.15) is 0 Å². The molecule has 1 N–H and O–H groups in total. The van der Waals surface area contributed by atoms with Crippen LogP contribution in [0.3, 0.4) is 0 Å². The number of methoxy groups -OCH3 is 1. The summed E-state index contributed by atoms with van der Waals surface area (Å²) in [7, 11) is 1.30. The van der Waals surface area contributed by atoms with Gasteiger partial charge in [-0.05, 0) is 55.7 Å². The molecule has 0 unspecified atom stereocenters. The number of hydrogen-bond acceptors (Lipinski definition) is 5. The standard InChI is InChI=1S/C19H21N3O3/c1-25-19(24)14-5-10-17(20-13-14)18(23)21-15-6-8-16(9-7-15)22-11-3-2-4-12-22/h5-10,13H,2-4,11-12H2,1H3,(H,21,23). The maximum atomic E-state index is 12.3. The Balaban J connectivity index is 1.63. The van der Waals surface area contributed by atoms with E-state index in [0.717, 1.165) is 13.1 Å². The van der Waals surface area contributed by atoms with Crippen molar-refractivity contribution in [3.8, 4) is 0 Å². The predicted molar refractivity (Wildman–Crippen MR) is 96.0 cm³/mol. The first-order valence-electron chi connectivity index (χ1n) is 8.38. The lowest BCUT2D eigenvalue weighted by atomic mass is 10.1. The smallest absolute Gasteiger partial charge is 0.339 e. The van der Waals surface area contributed by atoms with Crippen LogP contribution >= 0.6 is 0 Å². The Labute approximate surface area is 146 Å². The highest BCUT2D eigenvalue weighted by atomic mass is 16.5. The lowest BCUT2D eigenvalue weighted by Gasteiger charge is -2.28. The van der Waals surface area contributed by atoms with E-state index in [1.807, 2.05) is 24.3 Å². The minimum Gasteiger partial charge on any atom is -0.465 e. The summed E-state index contributed by atoms with van der Waals surface area (Å²) >= 11 is 0. The van der Waals surface area contributed by atoms with Gasteiger partial charge in [-0.25, -0.2) is 4.79 Å². The van der Waals surface area contributed by atoms with Gasteiger partial charge < -0.3 is 15.0 Å². The van der Waals surface area contributed by atoms with E-state index in [0.29, 0.717) is 11.3 Å². The zero-order valence-corrected chi connectivity index (χ0v) is 14.2. The minimum absolute atomic E-state index is 0.243. The highest BCUT2D eigenvalue weighted by molar-refractivity contribution is 6.03. The third-order valence-electron chi connectivity index (χ3n) is 4.26. The molecule has 0 spiro atoms. The van der Waals surface area contributed by atoms with Gasteiger partial charge in [0.2, 0.25) is 0 Å². The normalized spacial score (nSPS) is 14.0. The van der Waals surface area contributed by atoms with Crippen molar-refractivity contribution in [3.63, 3.8) is 0 Å². The number of ether oxygens (including phenoxy) is 1. The van der Waals surface area contributed by atoms with Crippen molar-refractivity contribution in [1.82, 2.24) is 4.98 Å². The lowest BCUT2D eigenvalue weighted by molar-refractivity contribution is 0.0600. The largest absolute Gasteiger partial charge is 0.465 e. The summed E-state index contributed by atoms with van der Waals surface area (Å²) < 4.78 is 4.61. The minimum atomic E-state index is -0.479. The Kier molecular flexibility index (Phi) is 5.28. The van der Waals surface area contributed by atoms with Crippen molar-refractivity contribution in [2.75, 3.05) is 30.4 Å². The number of carbonyl (C=O) groups excluding carboxylic acids is 2. The molecule has 25 heavy (non-hydrogen) atoms. The van der Waals surface area contributed by atoms with E-state index < -0.39 is 5.97 Å². The van der Waals surface area contributed by atoms with Gasteiger partial charge in [0.1, 0.15) is 5.69 Å². The summed E-state index contributed by atoms with van der Waals surface area (Å²) in [5.41, 5.74) is 2.44. The van der Waals surface area contributed by atoms with E-state index in [4.69, 9.17) is 0 Å². The molecule has 1 aliphatic rings. The number of rotatable bonds is 4. The molecule has 1 saturated heterocycles. The average Bonchev–Trinajstić information content (AvgIpc) is 2.68. The van der Waals surface area contributed by atoms with E-state index >= 15 is 0 Å². The third kappa shape index (κ3) is 4.15. The molecule has 2 heterocycles. The van der Waals surface area contributed by atoms with Gasteiger partial charge in [-0.1, -0.05) is 0 Å². The number of aromatic nitrogens is 1. The first-order chi connectivity index (χ1) is 12.2. The van der Waals surface area contributed by atoms with Gasteiger partial charge in [-0.3, -0.25) is 9.78 Å². The van der Waals surface area contributed by atoms with E-state index in [2.05, 4.69) is 19.9 Å². The van der Waals surface area contributed by atoms with Crippen molar-refractivity contribution in [2.45, 2.75) is 19.3 Å². The molecule has 1 aliphatic heterocycles. The Morgan fingerprint density at radius 2 is 1.76 bits per heavy atom. The van der Waals surface area contributed by atoms with Gasteiger partial charge in [-0.15, -0.1) is 0 Å². The van der Waals surface area contributed by atoms with Crippen LogP contribution in [-0.4, -0.2) is 37.1 Å². The van der Waals surface area contributed by atoms with Crippen LogP contribution in [0.25, 0.3) is 0 Å². The van der Waals surface area contributed by atoms with Gasteiger partial charge in [0.15, 0.2) is 0 Å². The van der Waals surface area contributed by atoms with Crippen molar-refractivity contribution in [2.24, 2.45) is 0 Å². The Hall–Kier alpha value is -2.89. The van der Waals surface area contributed by atoms with Crippen LogP contribution in [0.2, 0.25) is 0 Å². The summed E-state index contributed by atoms with van der Waals surface area (Å²) in [5, 5.41) is 2.81. The van der Waals surface area contributed by atoms with Crippen LogP contribution in [-0.2, 0) is 4.74 Å². The van der Waals surface area contributed by atoms with E-state index in [-0.39, 0.29) is 11.6 Å². The fraction of sp³-hybridized carbons (Fsp3) is 0.316.